The van der Waals surface area contributed by atoms with Crippen LogP contribution in [0.3, 0.4) is 0 Å². The van der Waals surface area contributed by atoms with Gasteiger partial charge in [-0.15, -0.1) is 0 Å². The number of para-hydroxylation sites is 2. The zero-order chi connectivity index (χ0) is 35.7. The number of benzene rings is 8. The minimum Gasteiger partial charge on any atom is -0.455 e. The Morgan fingerprint density at radius 1 is 0.396 bits per heavy atom. The predicted octanol–water partition coefficient (Wildman–Crippen LogP) is 13.8. The summed E-state index contributed by atoms with van der Waals surface area (Å²) in [5.41, 5.74) is 13.4. The van der Waals surface area contributed by atoms with E-state index in [2.05, 4.69) is 172 Å². The summed E-state index contributed by atoms with van der Waals surface area (Å²) in [6, 6.07) is 58.1. The third kappa shape index (κ3) is 5.19. The molecule has 3 nitrogen and oxygen atoms in total. The molecule has 0 radical (unpaired) electrons. The second-order valence-electron chi connectivity index (χ2n) is 15.0. The standard InChI is InChI=1S/C50H36N2O/c1-50(2,3)49-45(51-46-41-20-6-4-17-38(41)39-18-5-7-21-42(39)47(46)52-49)36-16-11-14-34(30-36)32-27-25-31(26-28-32)33-13-10-15-35(29-33)37-22-12-23-43-40-19-8-9-24-44(40)53-48(37)43/h4-30H,1-3H3. The van der Waals surface area contributed by atoms with Crippen molar-refractivity contribution in [1.29, 1.82) is 0 Å². The van der Waals surface area contributed by atoms with Gasteiger partial charge in [0, 0.05) is 38.1 Å². The Hall–Kier alpha value is -6.58. The summed E-state index contributed by atoms with van der Waals surface area (Å²) in [4.78, 5) is 10.9. The van der Waals surface area contributed by atoms with Crippen molar-refractivity contribution in [2.75, 3.05) is 0 Å². The second kappa shape index (κ2) is 12.0. The van der Waals surface area contributed by atoms with Crippen LogP contribution >= 0.6 is 0 Å². The summed E-state index contributed by atoms with van der Waals surface area (Å²) >= 11 is 0. The van der Waals surface area contributed by atoms with Crippen molar-refractivity contribution in [2.45, 2.75) is 26.2 Å². The van der Waals surface area contributed by atoms with Gasteiger partial charge in [0.25, 0.3) is 0 Å². The second-order valence-corrected chi connectivity index (χ2v) is 15.0. The minimum absolute atomic E-state index is 0.217. The molecule has 0 atom stereocenters. The van der Waals surface area contributed by atoms with Crippen LogP contribution in [0.4, 0.5) is 0 Å². The molecule has 0 amide bonds. The molecule has 8 aromatic carbocycles. The molecule has 0 unspecified atom stereocenters. The van der Waals surface area contributed by atoms with Gasteiger partial charge in [-0.2, -0.15) is 0 Å². The number of aromatic nitrogens is 2. The predicted molar refractivity (Wildman–Crippen MR) is 222 cm³/mol. The van der Waals surface area contributed by atoms with Crippen molar-refractivity contribution in [2.24, 2.45) is 0 Å². The molecule has 0 aliphatic carbocycles. The molecule has 0 fully saturated rings. The lowest BCUT2D eigenvalue weighted by Crippen LogP contribution is -2.16. The first-order chi connectivity index (χ1) is 25.9. The maximum atomic E-state index is 6.36. The Morgan fingerprint density at radius 2 is 0.887 bits per heavy atom. The first kappa shape index (κ1) is 31.2. The van der Waals surface area contributed by atoms with Gasteiger partial charge in [0.05, 0.1) is 22.4 Å². The van der Waals surface area contributed by atoms with E-state index in [1.165, 1.54) is 10.8 Å². The number of nitrogens with zero attached hydrogens (tertiary/aromatic N) is 2. The molecule has 0 bridgehead atoms. The summed E-state index contributed by atoms with van der Waals surface area (Å²) < 4.78 is 6.36. The summed E-state index contributed by atoms with van der Waals surface area (Å²) in [6.45, 7) is 6.68. The fraction of sp³-hybridized carbons (Fsp3) is 0.0800. The zero-order valence-corrected chi connectivity index (χ0v) is 29.9. The van der Waals surface area contributed by atoms with Crippen LogP contribution in [-0.4, -0.2) is 9.97 Å². The van der Waals surface area contributed by atoms with Crippen molar-refractivity contribution in [1.82, 2.24) is 9.97 Å². The topological polar surface area (TPSA) is 38.9 Å². The van der Waals surface area contributed by atoms with Crippen molar-refractivity contribution in [3.8, 4) is 44.6 Å². The molecule has 0 aliphatic heterocycles. The molecular weight excluding hydrogens is 645 g/mol. The summed E-state index contributed by atoms with van der Waals surface area (Å²) in [6.07, 6.45) is 0. The van der Waals surface area contributed by atoms with Crippen LogP contribution in [-0.2, 0) is 5.41 Å². The summed E-state index contributed by atoms with van der Waals surface area (Å²) in [7, 11) is 0. The maximum Gasteiger partial charge on any atom is 0.143 e. The molecule has 10 aromatic rings. The zero-order valence-electron chi connectivity index (χ0n) is 29.9. The highest BCUT2D eigenvalue weighted by Crippen LogP contribution is 2.40. The number of rotatable bonds is 4. The molecule has 0 spiro atoms. The van der Waals surface area contributed by atoms with E-state index in [4.69, 9.17) is 14.4 Å². The molecule has 0 saturated heterocycles. The van der Waals surface area contributed by atoms with Crippen LogP contribution in [0.2, 0.25) is 0 Å². The number of furan rings is 1. The maximum absolute atomic E-state index is 6.36. The van der Waals surface area contributed by atoms with E-state index in [0.717, 1.165) is 94.1 Å². The van der Waals surface area contributed by atoms with E-state index in [0.29, 0.717) is 0 Å². The first-order valence-corrected chi connectivity index (χ1v) is 18.2. The fourth-order valence-electron chi connectivity index (χ4n) is 7.93. The summed E-state index contributed by atoms with van der Waals surface area (Å²) in [5.74, 6) is 0. The fourth-order valence-corrected chi connectivity index (χ4v) is 7.93. The molecule has 53 heavy (non-hydrogen) atoms. The van der Waals surface area contributed by atoms with Gasteiger partial charge in [-0.25, -0.2) is 9.97 Å². The van der Waals surface area contributed by atoms with Gasteiger partial charge in [-0.05, 0) is 56.8 Å². The SMILES string of the molecule is CC(C)(C)c1nc2c3ccccc3c3ccccc3c2nc1-c1cccc(-c2ccc(-c3cccc(-c4cccc5c4oc4ccccc45)c3)cc2)c1. The van der Waals surface area contributed by atoms with Crippen LogP contribution in [0.15, 0.2) is 168 Å². The van der Waals surface area contributed by atoms with Crippen LogP contribution in [0, 0.1) is 0 Å². The Labute approximate surface area is 308 Å². The number of fused-ring (bicyclic) bond motifs is 9. The van der Waals surface area contributed by atoms with E-state index in [1.807, 2.05) is 12.1 Å². The first-order valence-electron chi connectivity index (χ1n) is 18.2. The van der Waals surface area contributed by atoms with E-state index in [-0.39, 0.29) is 5.41 Å². The van der Waals surface area contributed by atoms with Crippen molar-refractivity contribution < 1.29 is 4.42 Å². The van der Waals surface area contributed by atoms with E-state index >= 15 is 0 Å². The highest BCUT2D eigenvalue weighted by molar-refractivity contribution is 6.23. The van der Waals surface area contributed by atoms with Crippen LogP contribution in [0.1, 0.15) is 26.5 Å². The van der Waals surface area contributed by atoms with Crippen molar-refractivity contribution in [3.05, 3.63) is 169 Å². The quantitative estimate of drug-likeness (QED) is 0.174. The lowest BCUT2D eigenvalue weighted by Gasteiger charge is -2.23. The highest BCUT2D eigenvalue weighted by atomic mass is 16.3. The number of hydrogen-bond donors (Lipinski definition) is 0. The van der Waals surface area contributed by atoms with Crippen molar-refractivity contribution in [3.63, 3.8) is 0 Å². The van der Waals surface area contributed by atoms with E-state index in [9.17, 15) is 0 Å². The molecule has 2 heterocycles. The third-order valence-corrected chi connectivity index (χ3v) is 10.5. The van der Waals surface area contributed by atoms with Gasteiger partial charge in [0.2, 0.25) is 0 Å². The number of hydrogen-bond acceptors (Lipinski definition) is 3. The Balaban J connectivity index is 1.04. The van der Waals surface area contributed by atoms with Gasteiger partial charge >= 0.3 is 0 Å². The molecular formula is C50H36N2O. The van der Waals surface area contributed by atoms with Crippen LogP contribution in [0.5, 0.6) is 0 Å². The molecule has 252 valence electrons. The van der Waals surface area contributed by atoms with E-state index < -0.39 is 0 Å². The van der Waals surface area contributed by atoms with Gasteiger partial charge < -0.3 is 4.42 Å². The van der Waals surface area contributed by atoms with Crippen LogP contribution < -0.4 is 0 Å². The van der Waals surface area contributed by atoms with E-state index in [1.54, 1.807) is 0 Å². The molecule has 0 N–H and O–H groups in total. The van der Waals surface area contributed by atoms with Gasteiger partial charge in [0.15, 0.2) is 0 Å². The lowest BCUT2D eigenvalue weighted by atomic mass is 9.87. The molecule has 0 aliphatic rings. The third-order valence-electron chi connectivity index (χ3n) is 10.5. The molecule has 2 aromatic heterocycles. The highest BCUT2D eigenvalue weighted by Gasteiger charge is 2.25. The largest absolute Gasteiger partial charge is 0.455 e. The average Bonchev–Trinajstić information content (AvgIpc) is 3.59. The smallest absolute Gasteiger partial charge is 0.143 e. The Bertz CT molecular complexity index is 3040. The Morgan fingerprint density at radius 3 is 1.53 bits per heavy atom. The Kier molecular flexibility index (Phi) is 7.06. The lowest BCUT2D eigenvalue weighted by molar-refractivity contribution is 0.571. The normalized spacial score (nSPS) is 12.1. The molecule has 0 saturated carbocycles. The summed E-state index contributed by atoms with van der Waals surface area (Å²) in [5, 5.41) is 6.95. The molecule has 3 heteroatoms. The van der Waals surface area contributed by atoms with Gasteiger partial charge in [-0.3, -0.25) is 0 Å². The van der Waals surface area contributed by atoms with Gasteiger partial charge in [-0.1, -0.05) is 166 Å². The van der Waals surface area contributed by atoms with Crippen molar-refractivity contribution >= 4 is 54.5 Å². The van der Waals surface area contributed by atoms with Gasteiger partial charge in [0.1, 0.15) is 11.2 Å². The molecule has 10 rings (SSSR count). The monoisotopic (exact) mass is 680 g/mol. The van der Waals surface area contributed by atoms with Crippen LogP contribution in [0.25, 0.3) is 99.2 Å². The average molecular weight is 681 g/mol. The minimum atomic E-state index is -0.217.